The Balaban J connectivity index is 0.00000121. The highest BCUT2D eigenvalue weighted by Crippen LogP contribution is 2.27. The zero-order valence-corrected chi connectivity index (χ0v) is 6.46. The fourth-order valence-electron chi connectivity index (χ4n) is 0.604. The van der Waals surface area contributed by atoms with E-state index in [2.05, 4.69) is 0 Å². The third-order valence-corrected chi connectivity index (χ3v) is 1.18. The van der Waals surface area contributed by atoms with Crippen LogP contribution in [0.25, 0.3) is 0 Å². The third-order valence-electron chi connectivity index (χ3n) is 1.18. The number of rotatable bonds is 0. The Bertz CT molecular complexity index is 279. The second kappa shape index (κ2) is 3.53. The van der Waals surface area contributed by atoms with Crippen LogP contribution in [0.15, 0.2) is 6.07 Å². The fraction of sp³-hybridized carbons (Fsp3) is 0. The number of anilines is 1. The van der Waals surface area contributed by atoms with E-state index in [0.29, 0.717) is 0 Å². The van der Waals surface area contributed by atoms with Crippen molar-refractivity contribution in [3.05, 3.63) is 23.5 Å². The highest BCUT2D eigenvalue weighted by molar-refractivity contribution is 5.85. The molecule has 0 aromatic heterocycles. The Labute approximate surface area is 72.2 Å². The van der Waals surface area contributed by atoms with Gasteiger partial charge in [-0.2, -0.15) is 0 Å². The lowest BCUT2D eigenvalue weighted by Crippen LogP contribution is -1.96. The highest BCUT2D eigenvalue weighted by atomic mass is 35.5. The first-order chi connectivity index (χ1) is 5.04. The standard InChI is InChI=1S/C6H4F3NO.ClH/c7-2-1-3(8)6(11)5(10)4(2)9;/h1,11H,10H2;1H. The van der Waals surface area contributed by atoms with Gasteiger partial charge in [0.2, 0.25) is 0 Å². The van der Waals surface area contributed by atoms with Gasteiger partial charge in [0.15, 0.2) is 23.2 Å². The van der Waals surface area contributed by atoms with Crippen LogP contribution in [0.1, 0.15) is 0 Å². The quantitative estimate of drug-likeness (QED) is 0.380. The van der Waals surface area contributed by atoms with Crippen molar-refractivity contribution >= 4 is 18.1 Å². The maximum absolute atomic E-state index is 12.3. The topological polar surface area (TPSA) is 46.2 Å². The van der Waals surface area contributed by atoms with Crippen LogP contribution in [-0.2, 0) is 0 Å². The van der Waals surface area contributed by atoms with Crippen molar-refractivity contribution in [1.82, 2.24) is 0 Å². The molecule has 0 heterocycles. The normalized spacial score (nSPS) is 9.25. The molecule has 1 rings (SSSR count). The molecule has 0 fully saturated rings. The smallest absolute Gasteiger partial charge is 0.185 e. The molecule has 0 bridgehead atoms. The lowest BCUT2D eigenvalue weighted by Gasteiger charge is -2.01. The number of phenolic OH excluding ortho intramolecular Hbond substituents is 1. The number of benzene rings is 1. The first-order valence-electron chi connectivity index (χ1n) is 2.66. The Morgan fingerprint density at radius 1 is 1.17 bits per heavy atom. The van der Waals surface area contributed by atoms with Crippen LogP contribution in [-0.4, -0.2) is 5.11 Å². The van der Waals surface area contributed by atoms with Crippen molar-refractivity contribution in [2.24, 2.45) is 0 Å². The number of hydrogen-bond donors (Lipinski definition) is 2. The minimum Gasteiger partial charge on any atom is -0.503 e. The predicted octanol–water partition coefficient (Wildman–Crippen LogP) is 1.81. The number of hydrogen-bond acceptors (Lipinski definition) is 2. The molecular weight excluding hydrogens is 195 g/mol. The Morgan fingerprint density at radius 3 is 2.17 bits per heavy atom. The first kappa shape index (κ1) is 10.9. The van der Waals surface area contributed by atoms with Gasteiger partial charge in [-0.05, 0) is 0 Å². The van der Waals surface area contributed by atoms with Crippen LogP contribution in [0.2, 0.25) is 0 Å². The van der Waals surface area contributed by atoms with E-state index in [1.54, 1.807) is 0 Å². The Morgan fingerprint density at radius 2 is 1.67 bits per heavy atom. The van der Waals surface area contributed by atoms with Crippen molar-refractivity contribution in [1.29, 1.82) is 0 Å². The summed E-state index contributed by atoms with van der Waals surface area (Å²) in [6.45, 7) is 0. The summed E-state index contributed by atoms with van der Waals surface area (Å²) >= 11 is 0. The van der Waals surface area contributed by atoms with Crippen LogP contribution in [0, 0.1) is 17.5 Å². The molecule has 3 N–H and O–H groups in total. The van der Waals surface area contributed by atoms with E-state index in [9.17, 15) is 13.2 Å². The van der Waals surface area contributed by atoms with E-state index < -0.39 is 28.9 Å². The van der Waals surface area contributed by atoms with Gasteiger partial charge in [0.05, 0.1) is 0 Å². The molecule has 12 heavy (non-hydrogen) atoms. The molecule has 6 heteroatoms. The maximum atomic E-state index is 12.3. The van der Waals surface area contributed by atoms with Gasteiger partial charge in [-0.3, -0.25) is 0 Å². The molecule has 0 saturated heterocycles. The van der Waals surface area contributed by atoms with Crippen LogP contribution in [0.5, 0.6) is 5.75 Å². The van der Waals surface area contributed by atoms with Crippen molar-refractivity contribution in [2.75, 3.05) is 5.73 Å². The second-order valence-corrected chi connectivity index (χ2v) is 1.92. The molecule has 0 aliphatic carbocycles. The van der Waals surface area contributed by atoms with Crippen LogP contribution >= 0.6 is 12.4 Å². The van der Waals surface area contributed by atoms with Gasteiger partial charge in [0.1, 0.15) is 5.69 Å². The summed E-state index contributed by atoms with van der Waals surface area (Å²) in [4.78, 5) is 0. The van der Waals surface area contributed by atoms with Gasteiger partial charge in [-0.25, -0.2) is 13.2 Å². The first-order valence-corrected chi connectivity index (χ1v) is 2.66. The number of halogens is 4. The minimum atomic E-state index is -1.44. The van der Waals surface area contributed by atoms with Gasteiger partial charge in [-0.1, -0.05) is 0 Å². The average Bonchev–Trinajstić information content (AvgIpc) is 1.97. The van der Waals surface area contributed by atoms with E-state index in [4.69, 9.17) is 10.8 Å². The molecule has 68 valence electrons. The van der Waals surface area contributed by atoms with Crippen LogP contribution in [0.3, 0.4) is 0 Å². The molecule has 0 radical (unpaired) electrons. The summed E-state index contributed by atoms with van der Waals surface area (Å²) in [6.07, 6.45) is 0. The number of aromatic hydroxyl groups is 1. The molecule has 0 unspecified atom stereocenters. The van der Waals surface area contributed by atoms with Gasteiger partial charge >= 0.3 is 0 Å². The summed E-state index contributed by atoms with van der Waals surface area (Å²) < 4.78 is 36.8. The maximum Gasteiger partial charge on any atom is 0.185 e. The third kappa shape index (κ3) is 1.55. The molecule has 0 aliphatic rings. The zero-order valence-electron chi connectivity index (χ0n) is 5.64. The number of phenols is 1. The van der Waals surface area contributed by atoms with Gasteiger partial charge in [-0.15, -0.1) is 12.4 Å². The SMILES string of the molecule is Cl.Nc1c(O)c(F)cc(F)c1F. The summed E-state index contributed by atoms with van der Waals surface area (Å²) in [5, 5.41) is 8.60. The molecular formula is C6H5ClF3NO. The molecule has 1 aromatic carbocycles. The summed E-state index contributed by atoms with van der Waals surface area (Å²) in [6, 6.07) is 0.223. The van der Waals surface area contributed by atoms with Gasteiger partial charge in [0.25, 0.3) is 0 Å². The molecule has 0 spiro atoms. The molecule has 0 amide bonds. The van der Waals surface area contributed by atoms with Gasteiger partial charge < -0.3 is 10.8 Å². The van der Waals surface area contributed by atoms with Gasteiger partial charge in [0, 0.05) is 6.07 Å². The van der Waals surface area contributed by atoms with E-state index in [-0.39, 0.29) is 18.5 Å². The molecule has 2 nitrogen and oxygen atoms in total. The Hall–Kier alpha value is -1.10. The minimum absolute atomic E-state index is 0. The van der Waals surface area contributed by atoms with Crippen molar-refractivity contribution in [3.63, 3.8) is 0 Å². The predicted molar refractivity (Wildman–Crippen MR) is 39.6 cm³/mol. The zero-order chi connectivity index (χ0) is 8.59. The van der Waals surface area contributed by atoms with Crippen molar-refractivity contribution in [3.8, 4) is 5.75 Å². The molecule has 0 aliphatic heterocycles. The summed E-state index contributed by atoms with van der Waals surface area (Å²) in [7, 11) is 0. The van der Waals surface area contributed by atoms with Crippen molar-refractivity contribution < 1.29 is 18.3 Å². The fourth-order valence-corrected chi connectivity index (χ4v) is 0.604. The lowest BCUT2D eigenvalue weighted by molar-refractivity contribution is 0.417. The van der Waals surface area contributed by atoms with Crippen molar-refractivity contribution in [2.45, 2.75) is 0 Å². The van der Waals surface area contributed by atoms with E-state index in [0.717, 1.165) is 0 Å². The molecule has 0 atom stereocenters. The second-order valence-electron chi connectivity index (χ2n) is 1.92. The number of nitrogens with two attached hydrogens (primary N) is 1. The highest BCUT2D eigenvalue weighted by Gasteiger charge is 2.14. The molecule has 1 aromatic rings. The van der Waals surface area contributed by atoms with E-state index in [1.807, 2.05) is 0 Å². The summed E-state index contributed by atoms with van der Waals surface area (Å²) in [5.41, 5.74) is 3.86. The van der Waals surface area contributed by atoms with Crippen LogP contribution < -0.4 is 5.73 Å². The lowest BCUT2D eigenvalue weighted by atomic mass is 10.2. The van der Waals surface area contributed by atoms with E-state index in [1.165, 1.54) is 0 Å². The largest absolute Gasteiger partial charge is 0.503 e. The van der Waals surface area contributed by atoms with Crippen LogP contribution in [0.4, 0.5) is 18.9 Å². The Kier molecular flexibility index (Phi) is 3.21. The monoisotopic (exact) mass is 199 g/mol. The molecule has 0 saturated carbocycles. The van der Waals surface area contributed by atoms with E-state index >= 15 is 0 Å². The average molecular weight is 200 g/mol. The summed E-state index contributed by atoms with van der Waals surface area (Å²) in [5.74, 6) is -5.20. The number of nitrogen functional groups attached to an aromatic ring is 1.